The van der Waals surface area contributed by atoms with E-state index < -0.39 is 5.97 Å². The number of nitrogens with one attached hydrogen (secondary N) is 1. The van der Waals surface area contributed by atoms with Gasteiger partial charge in [0.25, 0.3) is 0 Å². The summed E-state index contributed by atoms with van der Waals surface area (Å²) in [6.45, 7) is 0.0266. The quantitative estimate of drug-likeness (QED) is 0.441. The number of esters is 1. The maximum absolute atomic E-state index is 11.2. The summed E-state index contributed by atoms with van der Waals surface area (Å²) in [5, 5.41) is 19.2. The second-order valence-corrected chi connectivity index (χ2v) is 3.44. The Hall–Kier alpha value is -1.61. The predicted octanol–water partition coefficient (Wildman–Crippen LogP) is 0.112. The van der Waals surface area contributed by atoms with Crippen LogP contribution in [0.5, 0.6) is 0 Å². The van der Waals surface area contributed by atoms with E-state index in [1.54, 1.807) is 0 Å². The number of aliphatic hydroxyl groups excluding tert-OH is 1. The number of unbranched alkanes of at least 4 members (excludes halogenated alkanes) is 2. The van der Waals surface area contributed by atoms with Crippen LogP contribution in [0.15, 0.2) is 0 Å². The van der Waals surface area contributed by atoms with Crippen LogP contribution in [-0.4, -0.2) is 36.7 Å². The Labute approximate surface area is 101 Å². The first kappa shape index (κ1) is 15.4. The predicted molar refractivity (Wildman–Crippen MR) is 59.8 cm³/mol. The lowest BCUT2D eigenvalue weighted by Gasteiger charge is -2.04. The average Bonchev–Trinajstić information content (AvgIpc) is 2.32. The van der Waals surface area contributed by atoms with Gasteiger partial charge in [-0.1, -0.05) is 6.42 Å². The molecule has 0 atom stereocenters. The number of aliphatic hydroxyl groups is 1. The van der Waals surface area contributed by atoms with Crippen LogP contribution < -0.4 is 5.32 Å². The lowest BCUT2D eigenvalue weighted by atomic mass is 10.2. The lowest BCUT2D eigenvalue weighted by molar-refractivity contribution is -0.143. The zero-order valence-corrected chi connectivity index (χ0v) is 9.78. The molecule has 17 heavy (non-hydrogen) atoms. The van der Waals surface area contributed by atoms with Crippen LogP contribution >= 0.6 is 0 Å². The van der Waals surface area contributed by atoms with Crippen LogP contribution in [0.25, 0.3) is 0 Å². The molecule has 1 amide bonds. The van der Waals surface area contributed by atoms with E-state index in [-0.39, 0.29) is 32.1 Å². The third-order valence-corrected chi connectivity index (χ3v) is 1.97. The van der Waals surface area contributed by atoms with E-state index in [4.69, 9.17) is 10.4 Å². The van der Waals surface area contributed by atoms with E-state index >= 15 is 0 Å². The Morgan fingerprint density at radius 1 is 1.29 bits per heavy atom. The maximum Gasteiger partial charge on any atom is 0.325 e. The molecule has 0 bridgehead atoms. The van der Waals surface area contributed by atoms with Gasteiger partial charge in [0.1, 0.15) is 13.2 Å². The second kappa shape index (κ2) is 10.9. The Balaban J connectivity index is 3.43. The Kier molecular flexibility index (Phi) is 9.86. The van der Waals surface area contributed by atoms with Crippen LogP contribution in [0.1, 0.15) is 32.1 Å². The Morgan fingerprint density at radius 3 is 2.71 bits per heavy atom. The Morgan fingerprint density at radius 2 is 2.06 bits per heavy atom. The van der Waals surface area contributed by atoms with Gasteiger partial charge < -0.3 is 15.2 Å². The molecule has 0 aromatic carbocycles. The van der Waals surface area contributed by atoms with E-state index in [0.717, 1.165) is 6.42 Å². The lowest BCUT2D eigenvalue weighted by Crippen LogP contribution is -2.30. The van der Waals surface area contributed by atoms with Crippen molar-refractivity contribution in [1.29, 1.82) is 5.26 Å². The molecule has 0 aliphatic rings. The van der Waals surface area contributed by atoms with Crippen molar-refractivity contribution in [2.24, 2.45) is 0 Å². The molecule has 0 fully saturated rings. The summed E-state index contributed by atoms with van der Waals surface area (Å²) in [6.07, 6.45) is 2.65. The number of carbonyl (C=O) groups excluding carboxylic acids is 2. The SMILES string of the molecule is N#CCCOC(=O)CNC(=O)CCCCCO. The van der Waals surface area contributed by atoms with Crippen molar-refractivity contribution >= 4 is 11.9 Å². The molecule has 6 nitrogen and oxygen atoms in total. The number of nitriles is 1. The van der Waals surface area contributed by atoms with Crippen LogP contribution in [0, 0.1) is 11.3 Å². The van der Waals surface area contributed by atoms with Crippen LogP contribution in [0.2, 0.25) is 0 Å². The summed E-state index contributed by atoms with van der Waals surface area (Å²) in [7, 11) is 0. The molecule has 0 aliphatic carbocycles. The van der Waals surface area contributed by atoms with Gasteiger partial charge in [-0.25, -0.2) is 0 Å². The van der Waals surface area contributed by atoms with Gasteiger partial charge in [-0.05, 0) is 12.8 Å². The van der Waals surface area contributed by atoms with Crippen molar-refractivity contribution in [2.75, 3.05) is 19.8 Å². The number of rotatable bonds is 9. The van der Waals surface area contributed by atoms with E-state index in [0.29, 0.717) is 19.3 Å². The van der Waals surface area contributed by atoms with Crippen molar-refractivity contribution in [3.8, 4) is 6.07 Å². The fraction of sp³-hybridized carbons (Fsp3) is 0.727. The number of ether oxygens (including phenoxy) is 1. The highest BCUT2D eigenvalue weighted by atomic mass is 16.5. The maximum atomic E-state index is 11.2. The monoisotopic (exact) mass is 242 g/mol. The van der Waals surface area contributed by atoms with E-state index in [1.165, 1.54) is 0 Å². The van der Waals surface area contributed by atoms with Crippen molar-refractivity contribution in [3.63, 3.8) is 0 Å². The fourth-order valence-corrected chi connectivity index (χ4v) is 1.09. The molecule has 0 aromatic rings. The molecule has 0 radical (unpaired) electrons. The summed E-state index contributed by atoms with van der Waals surface area (Å²) >= 11 is 0. The van der Waals surface area contributed by atoms with Crippen molar-refractivity contribution in [1.82, 2.24) is 5.32 Å². The van der Waals surface area contributed by atoms with Gasteiger partial charge in [0.05, 0.1) is 12.5 Å². The van der Waals surface area contributed by atoms with Gasteiger partial charge in [0.2, 0.25) is 5.91 Å². The molecular formula is C11H18N2O4. The van der Waals surface area contributed by atoms with Gasteiger partial charge in [-0.15, -0.1) is 0 Å². The third kappa shape index (κ3) is 10.7. The number of hydrogen-bond donors (Lipinski definition) is 2. The molecule has 2 N–H and O–H groups in total. The zero-order chi connectivity index (χ0) is 12.9. The third-order valence-electron chi connectivity index (χ3n) is 1.97. The fourth-order valence-electron chi connectivity index (χ4n) is 1.09. The molecule has 0 spiro atoms. The van der Waals surface area contributed by atoms with Gasteiger partial charge in [-0.2, -0.15) is 5.26 Å². The first-order chi connectivity index (χ1) is 8.20. The first-order valence-electron chi connectivity index (χ1n) is 5.61. The van der Waals surface area contributed by atoms with Gasteiger partial charge in [0, 0.05) is 13.0 Å². The molecule has 96 valence electrons. The zero-order valence-electron chi connectivity index (χ0n) is 9.78. The first-order valence-corrected chi connectivity index (χ1v) is 5.61. The molecule has 0 aromatic heterocycles. The van der Waals surface area contributed by atoms with Crippen LogP contribution in [-0.2, 0) is 14.3 Å². The molecule has 0 heterocycles. The van der Waals surface area contributed by atoms with Crippen molar-refractivity contribution in [2.45, 2.75) is 32.1 Å². The summed E-state index contributed by atoms with van der Waals surface area (Å²) in [5.41, 5.74) is 0. The topological polar surface area (TPSA) is 99.4 Å². The molecule has 0 saturated carbocycles. The number of nitrogens with zero attached hydrogens (tertiary/aromatic N) is 1. The van der Waals surface area contributed by atoms with Gasteiger partial charge in [-0.3, -0.25) is 9.59 Å². The molecule has 0 saturated heterocycles. The highest BCUT2D eigenvalue weighted by molar-refractivity contribution is 5.81. The summed E-state index contributed by atoms with van der Waals surface area (Å²) in [5.74, 6) is -0.746. The molecule has 0 aliphatic heterocycles. The summed E-state index contributed by atoms with van der Waals surface area (Å²) in [6, 6.07) is 1.84. The van der Waals surface area contributed by atoms with Crippen molar-refractivity contribution in [3.05, 3.63) is 0 Å². The van der Waals surface area contributed by atoms with Gasteiger partial charge in [0.15, 0.2) is 0 Å². The molecule has 0 rings (SSSR count). The molecular weight excluding hydrogens is 224 g/mol. The molecule has 6 heteroatoms. The van der Waals surface area contributed by atoms with Gasteiger partial charge >= 0.3 is 5.97 Å². The van der Waals surface area contributed by atoms with E-state index in [2.05, 4.69) is 10.1 Å². The van der Waals surface area contributed by atoms with Crippen LogP contribution in [0.3, 0.4) is 0 Å². The number of amides is 1. The molecule has 0 unspecified atom stereocenters. The minimum atomic E-state index is -0.538. The number of hydrogen-bond acceptors (Lipinski definition) is 5. The average molecular weight is 242 g/mol. The normalized spacial score (nSPS) is 9.41. The second-order valence-electron chi connectivity index (χ2n) is 3.44. The standard InChI is InChI=1S/C11H18N2O4/c12-6-4-8-17-11(16)9-13-10(15)5-2-1-3-7-14/h14H,1-5,7-9H2,(H,13,15). The number of carbonyl (C=O) groups is 2. The van der Waals surface area contributed by atoms with Crippen LogP contribution in [0.4, 0.5) is 0 Å². The summed E-state index contributed by atoms with van der Waals surface area (Å²) in [4.78, 5) is 22.2. The minimum absolute atomic E-state index is 0.0572. The Bertz CT molecular complexity index is 273. The highest BCUT2D eigenvalue weighted by Gasteiger charge is 2.05. The van der Waals surface area contributed by atoms with E-state index in [1.807, 2.05) is 6.07 Å². The minimum Gasteiger partial charge on any atom is -0.463 e. The van der Waals surface area contributed by atoms with E-state index in [9.17, 15) is 9.59 Å². The largest absolute Gasteiger partial charge is 0.463 e. The highest BCUT2D eigenvalue weighted by Crippen LogP contribution is 1.98. The summed E-state index contributed by atoms with van der Waals surface area (Å²) < 4.78 is 4.67. The smallest absolute Gasteiger partial charge is 0.325 e. The van der Waals surface area contributed by atoms with Crippen molar-refractivity contribution < 1.29 is 19.4 Å².